The predicted octanol–water partition coefficient (Wildman–Crippen LogP) is 5.41. The largest absolute Gasteiger partial charge is 0.490 e. The van der Waals surface area contributed by atoms with Gasteiger partial charge in [0.05, 0.1) is 4.91 Å². The van der Waals surface area contributed by atoms with Crippen molar-refractivity contribution < 1.29 is 14.3 Å². The lowest BCUT2D eigenvalue weighted by atomic mass is 10.0. The number of likely N-dealkylation sites (N-methyl/N-ethyl adjacent to an activating group) is 1. The topological polar surface area (TPSA) is 38.8 Å². The highest BCUT2D eigenvalue weighted by molar-refractivity contribution is 8.26. The molecule has 0 aliphatic carbocycles. The molecule has 0 atom stereocenters. The molecule has 4 nitrogen and oxygen atoms in total. The number of hydrogen-bond acceptors (Lipinski definition) is 5. The number of thiocarbonyl (C=S) groups is 1. The maximum Gasteiger partial charge on any atom is 0.265 e. The van der Waals surface area contributed by atoms with Crippen molar-refractivity contribution in [1.29, 1.82) is 0 Å². The summed E-state index contributed by atoms with van der Waals surface area (Å²) in [5, 5.41) is 0. The Morgan fingerprint density at radius 2 is 1.79 bits per heavy atom. The van der Waals surface area contributed by atoms with Gasteiger partial charge < -0.3 is 9.47 Å². The second kappa shape index (κ2) is 9.46. The summed E-state index contributed by atoms with van der Waals surface area (Å²) in [6.45, 7) is 7.22. The van der Waals surface area contributed by atoms with Crippen molar-refractivity contribution >= 4 is 40.3 Å². The number of amides is 1. The first-order valence-corrected chi connectivity index (χ1v) is 10.8. The molecule has 3 rings (SSSR count). The van der Waals surface area contributed by atoms with Gasteiger partial charge >= 0.3 is 0 Å². The molecule has 0 bridgehead atoms. The number of ether oxygens (including phenoxy) is 2. The fraction of sp³-hybridized carbons (Fsp3) is 0.304. The Balaban J connectivity index is 1.65. The lowest BCUT2D eigenvalue weighted by Gasteiger charge is -2.15. The first-order valence-electron chi connectivity index (χ1n) is 9.53. The zero-order valence-corrected chi connectivity index (χ0v) is 18.7. The van der Waals surface area contributed by atoms with E-state index in [0.29, 0.717) is 34.1 Å². The van der Waals surface area contributed by atoms with Crippen LogP contribution in [-0.2, 0) is 4.79 Å². The smallest absolute Gasteiger partial charge is 0.265 e. The lowest BCUT2D eigenvalue weighted by Crippen LogP contribution is -2.22. The van der Waals surface area contributed by atoms with Crippen molar-refractivity contribution in [2.24, 2.45) is 0 Å². The number of benzene rings is 2. The molecular formula is C23H25NO3S2. The Morgan fingerprint density at radius 1 is 1.10 bits per heavy atom. The van der Waals surface area contributed by atoms with Crippen molar-refractivity contribution in [2.45, 2.75) is 26.7 Å². The molecule has 0 saturated carbocycles. The number of nitrogens with zero attached hydrogens (tertiary/aromatic N) is 1. The molecule has 0 unspecified atom stereocenters. The van der Waals surface area contributed by atoms with E-state index in [2.05, 4.69) is 39.0 Å². The van der Waals surface area contributed by atoms with Crippen LogP contribution in [0.3, 0.4) is 0 Å². The summed E-state index contributed by atoms with van der Waals surface area (Å²) >= 11 is 6.50. The highest BCUT2D eigenvalue weighted by Crippen LogP contribution is 2.33. The van der Waals surface area contributed by atoms with E-state index in [0.717, 1.165) is 11.3 Å². The Labute approximate surface area is 181 Å². The monoisotopic (exact) mass is 427 g/mol. The molecule has 6 heteroatoms. The Kier molecular flexibility index (Phi) is 6.98. The van der Waals surface area contributed by atoms with E-state index in [9.17, 15) is 4.79 Å². The summed E-state index contributed by atoms with van der Waals surface area (Å²) in [7, 11) is 1.69. The fourth-order valence-electron chi connectivity index (χ4n) is 2.96. The minimum atomic E-state index is -0.0844. The van der Waals surface area contributed by atoms with E-state index < -0.39 is 0 Å². The maximum absolute atomic E-state index is 12.3. The molecule has 1 aliphatic rings. The minimum Gasteiger partial charge on any atom is -0.490 e. The molecule has 2 aromatic carbocycles. The molecule has 0 radical (unpaired) electrons. The van der Waals surface area contributed by atoms with E-state index in [1.54, 1.807) is 7.05 Å². The van der Waals surface area contributed by atoms with Crippen LogP contribution < -0.4 is 9.47 Å². The van der Waals surface area contributed by atoms with E-state index in [1.807, 2.05) is 30.3 Å². The molecule has 1 amide bonds. The third-order valence-electron chi connectivity index (χ3n) is 4.58. The number of carbonyl (C=O) groups is 1. The summed E-state index contributed by atoms with van der Waals surface area (Å²) < 4.78 is 12.5. The van der Waals surface area contributed by atoms with Crippen LogP contribution in [0.1, 0.15) is 36.5 Å². The van der Waals surface area contributed by atoms with Gasteiger partial charge in [0.1, 0.15) is 29.0 Å². The van der Waals surface area contributed by atoms with Crippen LogP contribution in [-0.4, -0.2) is 35.4 Å². The van der Waals surface area contributed by atoms with Gasteiger partial charge in [-0.15, -0.1) is 0 Å². The first kappa shape index (κ1) is 21.4. The summed E-state index contributed by atoms with van der Waals surface area (Å²) in [5.74, 6) is 1.93. The van der Waals surface area contributed by atoms with Crippen molar-refractivity contribution in [2.75, 3.05) is 20.3 Å². The SMILES string of the molecule is Cc1ccc(C(C)C)c(OCCOc2ccccc2C=C2SC(=S)N(C)C2=O)c1. The zero-order chi connectivity index (χ0) is 21.0. The van der Waals surface area contributed by atoms with Crippen LogP contribution >= 0.6 is 24.0 Å². The summed E-state index contributed by atoms with van der Waals surface area (Å²) in [6.07, 6.45) is 1.83. The molecule has 1 fully saturated rings. The molecular weight excluding hydrogens is 402 g/mol. The third-order valence-corrected chi connectivity index (χ3v) is 6.07. The van der Waals surface area contributed by atoms with Crippen LogP contribution in [0.4, 0.5) is 0 Å². The van der Waals surface area contributed by atoms with Crippen LogP contribution in [0.15, 0.2) is 47.4 Å². The second-order valence-corrected chi connectivity index (χ2v) is 8.85. The normalized spacial score (nSPS) is 15.5. The van der Waals surface area contributed by atoms with E-state index in [1.165, 1.54) is 27.8 Å². The number of aryl methyl sites for hydroxylation is 1. The number of hydrogen-bond donors (Lipinski definition) is 0. The molecule has 2 aromatic rings. The van der Waals surface area contributed by atoms with Gasteiger partial charge in [-0.2, -0.15) is 0 Å². The van der Waals surface area contributed by atoms with Crippen LogP contribution in [0.25, 0.3) is 6.08 Å². The van der Waals surface area contributed by atoms with E-state index >= 15 is 0 Å². The van der Waals surface area contributed by atoms with Crippen molar-refractivity contribution in [3.05, 3.63) is 64.1 Å². The second-order valence-electron chi connectivity index (χ2n) is 7.17. The molecule has 29 heavy (non-hydrogen) atoms. The van der Waals surface area contributed by atoms with Gasteiger partial charge in [0, 0.05) is 12.6 Å². The number of para-hydroxylation sites is 1. The van der Waals surface area contributed by atoms with Gasteiger partial charge in [0.15, 0.2) is 0 Å². The van der Waals surface area contributed by atoms with Gasteiger partial charge in [0.2, 0.25) is 0 Å². The van der Waals surface area contributed by atoms with Crippen LogP contribution in [0, 0.1) is 6.92 Å². The number of rotatable bonds is 7. The quantitative estimate of drug-likeness (QED) is 0.336. The average Bonchev–Trinajstić information content (AvgIpc) is 2.93. The molecule has 152 valence electrons. The van der Waals surface area contributed by atoms with Crippen molar-refractivity contribution in [3.8, 4) is 11.5 Å². The summed E-state index contributed by atoms with van der Waals surface area (Å²) in [4.78, 5) is 14.3. The molecule has 0 aromatic heterocycles. The van der Waals surface area contributed by atoms with E-state index in [4.69, 9.17) is 21.7 Å². The maximum atomic E-state index is 12.3. The summed E-state index contributed by atoms with van der Waals surface area (Å²) in [6, 6.07) is 13.9. The molecule has 1 heterocycles. The van der Waals surface area contributed by atoms with Gasteiger partial charge in [0.25, 0.3) is 5.91 Å². The Bertz CT molecular complexity index is 953. The van der Waals surface area contributed by atoms with Crippen molar-refractivity contribution in [1.82, 2.24) is 4.90 Å². The number of carbonyl (C=O) groups excluding carboxylic acids is 1. The average molecular weight is 428 g/mol. The van der Waals surface area contributed by atoms with Gasteiger partial charge in [-0.05, 0) is 42.2 Å². The third kappa shape index (κ3) is 5.19. The molecule has 0 spiro atoms. The van der Waals surface area contributed by atoms with Gasteiger partial charge in [-0.1, -0.05) is 68.2 Å². The van der Waals surface area contributed by atoms with Crippen LogP contribution in [0.2, 0.25) is 0 Å². The van der Waals surface area contributed by atoms with Gasteiger partial charge in [-0.3, -0.25) is 9.69 Å². The van der Waals surface area contributed by atoms with Crippen LogP contribution in [0.5, 0.6) is 11.5 Å². The highest BCUT2D eigenvalue weighted by Gasteiger charge is 2.28. The highest BCUT2D eigenvalue weighted by atomic mass is 32.2. The van der Waals surface area contributed by atoms with Crippen molar-refractivity contribution in [3.63, 3.8) is 0 Å². The lowest BCUT2D eigenvalue weighted by molar-refractivity contribution is -0.121. The summed E-state index contributed by atoms with van der Waals surface area (Å²) in [5.41, 5.74) is 3.21. The fourth-order valence-corrected chi connectivity index (χ4v) is 4.14. The van der Waals surface area contributed by atoms with E-state index in [-0.39, 0.29) is 5.91 Å². The number of thioether (sulfide) groups is 1. The molecule has 1 saturated heterocycles. The Morgan fingerprint density at radius 3 is 2.45 bits per heavy atom. The molecule has 1 aliphatic heterocycles. The van der Waals surface area contributed by atoms with Gasteiger partial charge in [-0.25, -0.2) is 0 Å². The minimum absolute atomic E-state index is 0.0844. The molecule has 0 N–H and O–H groups in total. The predicted molar refractivity (Wildman–Crippen MR) is 124 cm³/mol. The standard InChI is InChI=1S/C23H25NO3S2/c1-15(2)18-10-9-16(3)13-20(18)27-12-11-26-19-8-6-5-7-17(19)14-21-22(25)24(4)23(28)29-21/h5-10,13-15H,11-12H2,1-4H3. The first-order chi connectivity index (χ1) is 13.9. The zero-order valence-electron chi connectivity index (χ0n) is 17.1. The Hall–Kier alpha value is -2.31.